The van der Waals surface area contributed by atoms with Gasteiger partial charge in [0.05, 0.1) is 29.1 Å². The third-order valence-electron chi connectivity index (χ3n) is 14.9. The highest BCUT2D eigenvalue weighted by molar-refractivity contribution is 5.92. The Morgan fingerprint density at radius 1 is 0.365 bits per heavy atom. The number of aliphatic hydroxyl groups is 1. The van der Waals surface area contributed by atoms with E-state index in [0.29, 0.717) is 30.3 Å². The molecule has 0 saturated heterocycles. The van der Waals surface area contributed by atoms with E-state index >= 15 is 0 Å². The molecule has 0 aliphatic carbocycles. The molecule has 0 aromatic heterocycles. The summed E-state index contributed by atoms with van der Waals surface area (Å²) < 4.78 is 32.1. The molecule has 3 aliphatic rings. The molecule has 0 saturated carbocycles. The van der Waals surface area contributed by atoms with Crippen LogP contribution in [0.1, 0.15) is 95.4 Å². The Balaban J connectivity index is 1.24. The zero-order valence-electron chi connectivity index (χ0n) is 43.0. The van der Waals surface area contributed by atoms with Gasteiger partial charge in [0.15, 0.2) is 93.4 Å². The van der Waals surface area contributed by atoms with Crippen LogP contribution < -0.4 is 14.2 Å². The lowest BCUT2D eigenvalue weighted by molar-refractivity contribution is -0.0339. The SMILES string of the molecule is O=C(O[C@@H]1[C@H](c2c(O)cc(O)c3c2O[C@@H](c2ccc(O)c(O)c2)[C@@H](O)C3)c2c(O)cc(O)c([C@H]3c4c(O)cc(O)cc4O[C@H](c4ccc(O)c(O)c4)[C@@H]3OC(=O)c3cc(O)c(O)c(O)c3)c2O[C@@H]1c1ccc(O)c(O)c1)c1cc(O)c(O)c(O)c1. The average Bonchev–Trinajstić information content (AvgIpc) is 1.19. The Kier molecular flexibility index (Phi) is 13.3. The number of hydrogen-bond acceptors (Lipinski definition) is 26. The van der Waals surface area contributed by atoms with Gasteiger partial charge in [0.1, 0.15) is 57.8 Å². The van der Waals surface area contributed by atoms with Gasteiger partial charge in [-0.2, -0.15) is 0 Å². The summed E-state index contributed by atoms with van der Waals surface area (Å²) in [7, 11) is 0. The van der Waals surface area contributed by atoms with Crippen molar-refractivity contribution < 1.29 is 130 Å². The Morgan fingerprint density at radius 3 is 1.19 bits per heavy atom. The minimum absolute atomic E-state index is 0.00381. The van der Waals surface area contributed by atoms with Crippen molar-refractivity contribution in [2.45, 2.75) is 54.9 Å². The van der Waals surface area contributed by atoms with Crippen LogP contribution in [-0.4, -0.2) is 127 Å². The van der Waals surface area contributed by atoms with Crippen molar-refractivity contribution >= 4 is 11.9 Å². The van der Waals surface area contributed by atoms with Gasteiger partial charge in [-0.1, -0.05) is 18.2 Å². The summed E-state index contributed by atoms with van der Waals surface area (Å²) in [5, 5.41) is 210. The van der Waals surface area contributed by atoms with Crippen molar-refractivity contribution in [3.63, 3.8) is 0 Å². The summed E-state index contributed by atoms with van der Waals surface area (Å²) in [5.74, 6) is -24.3. The van der Waals surface area contributed by atoms with Gasteiger partial charge in [-0.3, -0.25) is 0 Å². The summed E-state index contributed by atoms with van der Waals surface area (Å²) >= 11 is 0. The Bertz CT molecular complexity index is 4060. The van der Waals surface area contributed by atoms with Gasteiger partial charge in [-0.15, -0.1) is 0 Å². The molecule has 8 aromatic rings. The van der Waals surface area contributed by atoms with Gasteiger partial charge >= 0.3 is 11.9 Å². The van der Waals surface area contributed by atoms with Gasteiger partial charge in [0.25, 0.3) is 0 Å². The Morgan fingerprint density at radius 2 is 0.741 bits per heavy atom. The van der Waals surface area contributed by atoms with Crippen LogP contribution in [-0.2, 0) is 15.9 Å². The van der Waals surface area contributed by atoms with E-state index < -0.39 is 221 Å². The summed E-state index contributed by atoms with van der Waals surface area (Å²) in [5.41, 5.74) is -4.30. The van der Waals surface area contributed by atoms with Crippen molar-refractivity contribution in [1.29, 1.82) is 0 Å². The molecule has 8 aromatic carbocycles. The molecule has 11 rings (SSSR count). The van der Waals surface area contributed by atoms with Crippen LogP contribution in [0.5, 0.6) is 121 Å². The maximum Gasteiger partial charge on any atom is 0.338 e. The van der Waals surface area contributed by atoms with Gasteiger partial charge in [-0.25, -0.2) is 9.59 Å². The predicted octanol–water partition coefficient (Wildman–Crippen LogP) is 6.41. The molecule has 19 N–H and O–H groups in total. The topological polar surface area (TPSA) is 465 Å². The molecule has 0 radical (unpaired) electrons. The maximum absolute atomic E-state index is 14.7. The molecule has 0 spiro atoms. The molecule has 3 aliphatic heterocycles. The van der Waals surface area contributed by atoms with Gasteiger partial charge in [0, 0.05) is 69.6 Å². The number of ether oxygens (including phenoxy) is 5. The Labute approximate surface area is 475 Å². The molecule has 0 bridgehead atoms. The lowest BCUT2D eigenvalue weighted by Crippen LogP contribution is -2.42. The van der Waals surface area contributed by atoms with Gasteiger partial charge in [-0.05, 0) is 66.2 Å². The van der Waals surface area contributed by atoms with E-state index in [0.717, 1.165) is 60.7 Å². The summed E-state index contributed by atoms with van der Waals surface area (Å²) in [6, 6.07) is 15.5. The molecule has 85 heavy (non-hydrogen) atoms. The number of rotatable bonds is 9. The van der Waals surface area contributed by atoms with Crippen LogP contribution in [0, 0.1) is 0 Å². The molecule has 0 unspecified atom stereocenters. The number of phenolic OH excluding ortho intramolecular Hbond substituents is 18. The number of esters is 2. The minimum Gasteiger partial charge on any atom is -0.508 e. The highest BCUT2D eigenvalue weighted by Gasteiger charge is 2.54. The second-order valence-electron chi connectivity index (χ2n) is 20.1. The van der Waals surface area contributed by atoms with E-state index in [1.54, 1.807) is 0 Å². The van der Waals surface area contributed by atoms with Crippen molar-refractivity contribution in [1.82, 2.24) is 0 Å². The van der Waals surface area contributed by atoms with Crippen LogP contribution >= 0.6 is 0 Å². The highest BCUT2D eigenvalue weighted by Crippen LogP contribution is 2.63. The van der Waals surface area contributed by atoms with Crippen LogP contribution in [0.25, 0.3) is 0 Å². The first-order valence-electron chi connectivity index (χ1n) is 25.2. The van der Waals surface area contributed by atoms with E-state index in [2.05, 4.69) is 0 Å². The third-order valence-corrected chi connectivity index (χ3v) is 14.9. The summed E-state index contributed by atoms with van der Waals surface area (Å²) in [6.07, 6.45) is -11.8. The fourth-order valence-corrected chi connectivity index (χ4v) is 11.0. The van der Waals surface area contributed by atoms with Gasteiger partial charge in [0.2, 0.25) is 0 Å². The zero-order chi connectivity index (χ0) is 60.9. The van der Waals surface area contributed by atoms with E-state index in [4.69, 9.17) is 23.7 Å². The number of benzene rings is 8. The fraction of sp³-hybridized carbons (Fsp3) is 0.153. The average molecular weight is 1170 g/mol. The molecular weight excluding hydrogens is 1120 g/mol. The van der Waals surface area contributed by atoms with Crippen molar-refractivity contribution in [2.24, 2.45) is 0 Å². The second kappa shape index (κ2) is 20.5. The molecule has 8 atom stereocenters. The molecule has 0 amide bonds. The Hall–Kier alpha value is -11.5. The second-order valence-corrected chi connectivity index (χ2v) is 20.1. The van der Waals surface area contributed by atoms with Crippen molar-refractivity contribution in [2.75, 3.05) is 0 Å². The van der Waals surface area contributed by atoms with E-state index in [-0.39, 0.29) is 22.3 Å². The standard InChI is InChI=1S/C59H46O26/c60-24-14-33(68)43-42(15-24)81-52(20-2-5-27(62)31(66)8-20)56(84-58(79)22-10-37(72)49(77)38(73)11-22)47(43)45-35(70)18-36(71)46-48(44-34(69)17-29(64)25-16-41(76)51(82-54(25)44)19-1-4-26(61)30(65)7-19)57(85-59(80)23-12-39(74)50(78)40(75)13-23)53(83-55(45)46)21-3-6-28(63)32(67)9-21/h1-15,17-18,41,47-48,51-53,56-57,60-78H,16H2/t41-,47+,48+,51-,52+,53+,56+,57+/m0/s1. The number of fused-ring (bicyclic) bond motifs is 3. The number of carbonyl (C=O) groups is 2. The van der Waals surface area contributed by atoms with Crippen LogP contribution in [0.3, 0.4) is 0 Å². The number of phenols is 18. The fourth-order valence-electron chi connectivity index (χ4n) is 11.0. The summed E-state index contributed by atoms with van der Waals surface area (Å²) in [6.45, 7) is 0. The molecule has 26 heteroatoms. The molecule has 0 fully saturated rings. The van der Waals surface area contributed by atoms with E-state index in [1.807, 2.05) is 0 Å². The zero-order valence-corrected chi connectivity index (χ0v) is 43.0. The first-order chi connectivity index (χ1) is 40.3. The van der Waals surface area contributed by atoms with Crippen LogP contribution in [0.4, 0.5) is 0 Å². The number of aromatic hydroxyl groups is 18. The van der Waals surface area contributed by atoms with Crippen molar-refractivity contribution in [3.05, 3.63) is 159 Å². The largest absolute Gasteiger partial charge is 0.508 e. The maximum atomic E-state index is 14.7. The molecule has 438 valence electrons. The number of carbonyl (C=O) groups excluding carboxylic acids is 2. The third kappa shape index (κ3) is 9.42. The van der Waals surface area contributed by atoms with Crippen LogP contribution in [0.15, 0.2) is 103 Å². The number of hydrogen-bond donors (Lipinski definition) is 19. The molecule has 3 heterocycles. The van der Waals surface area contributed by atoms with Gasteiger partial charge < -0.3 is 121 Å². The normalized spacial score (nSPS) is 20.3. The lowest BCUT2D eigenvalue weighted by Gasteiger charge is -2.44. The number of aliphatic hydroxyl groups excluding tert-OH is 1. The minimum atomic E-state index is -2.15. The summed E-state index contributed by atoms with van der Waals surface area (Å²) in [4.78, 5) is 29.3. The lowest BCUT2D eigenvalue weighted by atomic mass is 9.73. The first-order valence-corrected chi connectivity index (χ1v) is 25.2. The van der Waals surface area contributed by atoms with Crippen LogP contribution in [0.2, 0.25) is 0 Å². The quantitative estimate of drug-likeness (QED) is 0.0548. The molecule has 26 nitrogen and oxygen atoms in total. The molecular formula is C59H46O26. The first kappa shape index (κ1) is 55.4. The predicted molar refractivity (Wildman–Crippen MR) is 283 cm³/mol. The highest BCUT2D eigenvalue weighted by atomic mass is 16.6. The van der Waals surface area contributed by atoms with E-state index in [9.17, 15) is 107 Å². The monoisotopic (exact) mass is 1170 g/mol. The van der Waals surface area contributed by atoms with E-state index in [1.165, 1.54) is 12.1 Å². The smallest absolute Gasteiger partial charge is 0.338 e. The van der Waals surface area contributed by atoms with Crippen molar-refractivity contribution in [3.8, 4) is 121 Å².